The maximum atomic E-state index is 13.5. The maximum absolute atomic E-state index is 13.5. The van der Waals surface area contributed by atoms with Gasteiger partial charge in [-0.25, -0.2) is 17.5 Å². The van der Waals surface area contributed by atoms with Gasteiger partial charge in [0.05, 0.1) is 0 Å². The minimum atomic E-state index is -3.89. The fraction of sp³-hybridized carbons (Fsp3) is 0.455. The fourth-order valence-corrected chi connectivity index (χ4v) is 2.81. The van der Waals surface area contributed by atoms with E-state index in [0.717, 1.165) is 12.1 Å². The molecule has 0 saturated carbocycles. The predicted octanol–water partition coefficient (Wildman–Crippen LogP) is 1.87. The van der Waals surface area contributed by atoms with Crippen LogP contribution in [0.1, 0.15) is 27.2 Å². The van der Waals surface area contributed by atoms with Crippen LogP contribution in [0.3, 0.4) is 0 Å². The summed E-state index contributed by atoms with van der Waals surface area (Å²) in [5.41, 5.74) is 5.04. The summed E-state index contributed by atoms with van der Waals surface area (Å²) in [6, 6.07) is 3.48. The molecule has 6 heteroatoms. The molecule has 3 N–H and O–H groups in total. The van der Waals surface area contributed by atoms with E-state index in [1.54, 1.807) is 13.8 Å². The maximum Gasteiger partial charge on any atom is 0.244 e. The van der Waals surface area contributed by atoms with Gasteiger partial charge in [0, 0.05) is 11.2 Å². The zero-order valence-corrected chi connectivity index (χ0v) is 10.9. The highest BCUT2D eigenvalue weighted by molar-refractivity contribution is 7.89. The van der Waals surface area contributed by atoms with Crippen LogP contribution < -0.4 is 10.5 Å². The first kappa shape index (κ1) is 13.9. The standard InChI is InChI=1S/C11H17FN2O2S/c1-4-11(2,3)14-17(15,16)10-7-8(13)5-6-9(10)12/h5-7,14H,4,13H2,1-3H3. The zero-order valence-electron chi connectivity index (χ0n) is 10.1. The number of sulfonamides is 1. The van der Waals surface area contributed by atoms with Crippen molar-refractivity contribution in [1.29, 1.82) is 0 Å². The average molecular weight is 260 g/mol. The van der Waals surface area contributed by atoms with Crippen LogP contribution in [0, 0.1) is 5.82 Å². The number of nitrogen functional groups attached to an aromatic ring is 1. The first-order valence-electron chi connectivity index (χ1n) is 5.27. The van der Waals surface area contributed by atoms with Gasteiger partial charge >= 0.3 is 0 Å². The SMILES string of the molecule is CCC(C)(C)NS(=O)(=O)c1cc(N)ccc1F. The lowest BCUT2D eigenvalue weighted by atomic mass is 10.0. The minimum absolute atomic E-state index is 0.209. The number of hydrogen-bond donors (Lipinski definition) is 2. The third-order valence-electron chi connectivity index (χ3n) is 2.54. The van der Waals surface area contributed by atoms with E-state index < -0.39 is 26.3 Å². The molecule has 0 aliphatic carbocycles. The molecule has 4 nitrogen and oxygen atoms in total. The Bertz CT molecular complexity index is 512. The van der Waals surface area contributed by atoms with Crippen molar-refractivity contribution in [2.75, 3.05) is 5.73 Å². The summed E-state index contributed by atoms with van der Waals surface area (Å²) < 4.78 is 39.9. The molecule has 0 bridgehead atoms. The topological polar surface area (TPSA) is 72.2 Å². The van der Waals surface area contributed by atoms with E-state index in [4.69, 9.17) is 5.73 Å². The molecular weight excluding hydrogens is 243 g/mol. The molecule has 0 fully saturated rings. The normalized spacial score (nSPS) is 12.7. The van der Waals surface area contributed by atoms with Gasteiger partial charge in [-0.3, -0.25) is 0 Å². The van der Waals surface area contributed by atoms with E-state index >= 15 is 0 Å². The van der Waals surface area contributed by atoms with Crippen molar-refractivity contribution in [2.45, 2.75) is 37.6 Å². The second-order valence-corrected chi connectivity index (χ2v) is 6.18. The predicted molar refractivity (Wildman–Crippen MR) is 65.5 cm³/mol. The van der Waals surface area contributed by atoms with Gasteiger partial charge in [-0.15, -0.1) is 0 Å². The Balaban J connectivity index is 3.18. The molecule has 17 heavy (non-hydrogen) atoms. The average Bonchev–Trinajstić information content (AvgIpc) is 2.20. The number of rotatable bonds is 4. The number of hydrogen-bond acceptors (Lipinski definition) is 3. The molecule has 0 unspecified atom stereocenters. The van der Waals surface area contributed by atoms with Crippen LogP contribution in [-0.4, -0.2) is 14.0 Å². The quantitative estimate of drug-likeness (QED) is 0.812. The lowest BCUT2D eigenvalue weighted by Crippen LogP contribution is -2.42. The second kappa shape index (κ2) is 4.62. The molecule has 0 heterocycles. The van der Waals surface area contributed by atoms with Crippen molar-refractivity contribution >= 4 is 15.7 Å². The summed E-state index contributed by atoms with van der Waals surface area (Å²) in [6.45, 7) is 5.31. The van der Waals surface area contributed by atoms with Gasteiger partial charge in [-0.2, -0.15) is 0 Å². The third-order valence-corrected chi connectivity index (χ3v) is 4.25. The Morgan fingerprint density at radius 2 is 2.00 bits per heavy atom. The van der Waals surface area contributed by atoms with Crippen LogP contribution in [0.4, 0.5) is 10.1 Å². The molecule has 0 aromatic heterocycles. The van der Waals surface area contributed by atoms with E-state index in [1.165, 1.54) is 6.07 Å². The molecule has 96 valence electrons. The summed E-state index contributed by atoms with van der Waals surface area (Å²) in [4.78, 5) is -0.418. The molecule has 0 aliphatic heterocycles. The molecule has 1 rings (SSSR count). The number of anilines is 1. The lowest BCUT2D eigenvalue weighted by Gasteiger charge is -2.24. The van der Waals surface area contributed by atoms with Crippen molar-refractivity contribution in [1.82, 2.24) is 4.72 Å². The van der Waals surface area contributed by atoms with Crippen LogP contribution >= 0.6 is 0 Å². The Hall–Kier alpha value is -1.14. The third kappa shape index (κ3) is 3.41. The largest absolute Gasteiger partial charge is 0.399 e. The smallest absolute Gasteiger partial charge is 0.244 e. The van der Waals surface area contributed by atoms with E-state index in [-0.39, 0.29) is 5.69 Å². The summed E-state index contributed by atoms with van der Waals surface area (Å²) in [6.07, 6.45) is 0.593. The number of nitrogens with one attached hydrogen (secondary N) is 1. The highest BCUT2D eigenvalue weighted by Gasteiger charge is 2.26. The summed E-state index contributed by atoms with van der Waals surface area (Å²) in [5.74, 6) is -0.807. The molecule has 1 aromatic carbocycles. The minimum Gasteiger partial charge on any atom is -0.399 e. The van der Waals surface area contributed by atoms with Crippen LogP contribution in [0.5, 0.6) is 0 Å². The first-order valence-corrected chi connectivity index (χ1v) is 6.75. The zero-order chi connectivity index (χ0) is 13.3. The van der Waals surface area contributed by atoms with E-state index in [9.17, 15) is 12.8 Å². The van der Waals surface area contributed by atoms with Crippen LogP contribution in [0.2, 0.25) is 0 Å². The molecule has 0 amide bonds. The van der Waals surface area contributed by atoms with Gasteiger partial charge in [-0.1, -0.05) is 6.92 Å². The molecular formula is C11H17FN2O2S. The lowest BCUT2D eigenvalue weighted by molar-refractivity contribution is 0.437. The van der Waals surface area contributed by atoms with Gasteiger partial charge in [0.25, 0.3) is 0 Å². The van der Waals surface area contributed by atoms with Crippen LogP contribution in [0.15, 0.2) is 23.1 Å². The Labute approximate surface area is 101 Å². The monoisotopic (exact) mass is 260 g/mol. The second-order valence-electron chi connectivity index (χ2n) is 4.53. The van der Waals surface area contributed by atoms with Gasteiger partial charge < -0.3 is 5.73 Å². The Morgan fingerprint density at radius 1 is 1.41 bits per heavy atom. The van der Waals surface area contributed by atoms with Crippen molar-refractivity contribution < 1.29 is 12.8 Å². The number of halogens is 1. The van der Waals surface area contributed by atoms with Gasteiger partial charge in [0.1, 0.15) is 10.7 Å². The number of benzene rings is 1. The molecule has 1 aromatic rings. The molecule has 0 radical (unpaired) electrons. The van der Waals surface area contributed by atoms with E-state index in [2.05, 4.69) is 4.72 Å². The van der Waals surface area contributed by atoms with E-state index in [0.29, 0.717) is 6.42 Å². The highest BCUT2D eigenvalue weighted by Crippen LogP contribution is 2.20. The van der Waals surface area contributed by atoms with Gasteiger partial charge in [0.2, 0.25) is 10.0 Å². The van der Waals surface area contributed by atoms with Crippen LogP contribution in [0.25, 0.3) is 0 Å². The summed E-state index contributed by atoms with van der Waals surface area (Å²) in [5, 5.41) is 0. The van der Waals surface area contributed by atoms with Crippen LogP contribution in [-0.2, 0) is 10.0 Å². The molecule has 0 atom stereocenters. The van der Waals surface area contributed by atoms with Crippen molar-refractivity contribution in [3.8, 4) is 0 Å². The van der Waals surface area contributed by atoms with Gasteiger partial charge in [0.15, 0.2) is 0 Å². The summed E-state index contributed by atoms with van der Waals surface area (Å²) in [7, 11) is -3.89. The van der Waals surface area contributed by atoms with Crippen molar-refractivity contribution in [3.05, 3.63) is 24.0 Å². The number of nitrogens with two attached hydrogens (primary N) is 1. The van der Waals surface area contributed by atoms with Crippen molar-refractivity contribution in [3.63, 3.8) is 0 Å². The Kier molecular flexibility index (Phi) is 3.78. The molecule has 0 saturated heterocycles. The first-order chi connectivity index (χ1) is 7.68. The highest BCUT2D eigenvalue weighted by atomic mass is 32.2. The Morgan fingerprint density at radius 3 is 2.53 bits per heavy atom. The van der Waals surface area contributed by atoms with Gasteiger partial charge in [-0.05, 0) is 38.5 Å². The summed E-state index contributed by atoms with van der Waals surface area (Å²) >= 11 is 0. The van der Waals surface area contributed by atoms with E-state index in [1.807, 2.05) is 6.92 Å². The fourth-order valence-electron chi connectivity index (χ4n) is 1.22. The molecule has 0 aliphatic rings. The van der Waals surface area contributed by atoms with Crippen molar-refractivity contribution in [2.24, 2.45) is 0 Å². The molecule has 0 spiro atoms.